The predicted octanol–water partition coefficient (Wildman–Crippen LogP) is 4.28. The first-order chi connectivity index (χ1) is 8.58. The maximum Gasteiger partial charge on any atom is 0.161 e. The van der Waals surface area contributed by atoms with Crippen LogP contribution in [0, 0.1) is 5.92 Å². The van der Waals surface area contributed by atoms with Gasteiger partial charge >= 0.3 is 0 Å². The molecule has 2 nitrogen and oxygen atoms in total. The first-order valence-corrected chi connectivity index (χ1v) is 7.42. The third-order valence-electron chi connectivity index (χ3n) is 3.70. The molecule has 0 aromatic heterocycles. The summed E-state index contributed by atoms with van der Waals surface area (Å²) in [6.07, 6.45) is 3.72. The minimum atomic E-state index is 0.148. The summed E-state index contributed by atoms with van der Waals surface area (Å²) in [5.74, 6) is 0.942. The molecular weight excluding hydrogens is 290 g/mol. The molecule has 1 atom stereocenters. The van der Waals surface area contributed by atoms with Gasteiger partial charge in [0.15, 0.2) is 5.78 Å². The van der Waals surface area contributed by atoms with Crippen molar-refractivity contribution >= 4 is 27.4 Å². The van der Waals surface area contributed by atoms with Gasteiger partial charge in [0.25, 0.3) is 0 Å². The fraction of sp³-hybridized carbons (Fsp3) is 0.533. The summed E-state index contributed by atoms with van der Waals surface area (Å²) in [6.45, 7) is 6.07. The average molecular weight is 310 g/mol. The highest BCUT2D eigenvalue weighted by atomic mass is 79.9. The van der Waals surface area contributed by atoms with Crippen molar-refractivity contribution in [1.29, 1.82) is 0 Å². The zero-order valence-corrected chi connectivity index (χ0v) is 12.7. The summed E-state index contributed by atoms with van der Waals surface area (Å²) in [5.41, 5.74) is 1.93. The second-order valence-electron chi connectivity index (χ2n) is 5.24. The minimum Gasteiger partial charge on any atom is -0.371 e. The molecule has 3 heteroatoms. The van der Waals surface area contributed by atoms with E-state index in [1.54, 1.807) is 6.92 Å². The lowest BCUT2D eigenvalue weighted by Gasteiger charge is -2.25. The zero-order valence-electron chi connectivity index (χ0n) is 11.1. The Labute approximate surface area is 117 Å². The fourth-order valence-electron chi connectivity index (χ4n) is 2.57. The molecule has 1 saturated heterocycles. The SMILES string of the molecule is CC(=O)c1ccc(Br)cc1N1CCCC(C)CC1. The first kappa shape index (κ1) is 13.6. The summed E-state index contributed by atoms with van der Waals surface area (Å²) in [7, 11) is 0. The molecule has 0 bridgehead atoms. The Bertz CT molecular complexity index is 444. The number of ketones is 1. The number of carbonyl (C=O) groups excluding carboxylic acids is 1. The van der Waals surface area contributed by atoms with E-state index in [2.05, 4.69) is 33.8 Å². The van der Waals surface area contributed by atoms with Gasteiger partial charge < -0.3 is 4.90 Å². The van der Waals surface area contributed by atoms with Gasteiger partial charge in [-0.25, -0.2) is 0 Å². The van der Waals surface area contributed by atoms with Crippen molar-refractivity contribution in [2.24, 2.45) is 5.92 Å². The Balaban J connectivity index is 2.30. The van der Waals surface area contributed by atoms with E-state index in [0.717, 1.165) is 34.7 Å². The highest BCUT2D eigenvalue weighted by Crippen LogP contribution is 2.28. The van der Waals surface area contributed by atoms with Crippen molar-refractivity contribution in [1.82, 2.24) is 0 Å². The van der Waals surface area contributed by atoms with Gasteiger partial charge in [-0.2, -0.15) is 0 Å². The number of carbonyl (C=O) groups is 1. The van der Waals surface area contributed by atoms with Crippen LogP contribution in [0.5, 0.6) is 0 Å². The number of halogens is 1. The molecule has 0 N–H and O–H groups in total. The number of benzene rings is 1. The molecule has 0 saturated carbocycles. The molecule has 0 aliphatic carbocycles. The maximum atomic E-state index is 11.7. The molecule has 1 heterocycles. The molecule has 1 aromatic carbocycles. The average Bonchev–Trinajstić information content (AvgIpc) is 2.53. The monoisotopic (exact) mass is 309 g/mol. The number of rotatable bonds is 2. The van der Waals surface area contributed by atoms with Crippen molar-refractivity contribution < 1.29 is 4.79 Å². The molecule has 2 rings (SSSR count). The Kier molecular flexibility index (Phi) is 4.44. The van der Waals surface area contributed by atoms with E-state index in [1.807, 2.05) is 12.1 Å². The Morgan fingerprint density at radius 2 is 2.11 bits per heavy atom. The number of nitrogens with zero attached hydrogens (tertiary/aromatic N) is 1. The summed E-state index contributed by atoms with van der Waals surface area (Å²) >= 11 is 3.51. The third-order valence-corrected chi connectivity index (χ3v) is 4.19. The normalized spacial score (nSPS) is 20.6. The van der Waals surface area contributed by atoms with Crippen molar-refractivity contribution in [3.8, 4) is 0 Å². The van der Waals surface area contributed by atoms with Crippen LogP contribution in [0.15, 0.2) is 22.7 Å². The largest absolute Gasteiger partial charge is 0.371 e. The minimum absolute atomic E-state index is 0.148. The van der Waals surface area contributed by atoms with Gasteiger partial charge in [0, 0.05) is 28.8 Å². The van der Waals surface area contributed by atoms with Gasteiger partial charge in [-0.3, -0.25) is 4.79 Å². The number of Topliss-reactive ketones (excluding diaryl/α,β-unsaturated/α-hetero) is 1. The van der Waals surface area contributed by atoms with Crippen LogP contribution < -0.4 is 4.90 Å². The van der Waals surface area contributed by atoms with Gasteiger partial charge in [-0.1, -0.05) is 22.9 Å². The Morgan fingerprint density at radius 3 is 2.83 bits per heavy atom. The van der Waals surface area contributed by atoms with Crippen LogP contribution in [0.2, 0.25) is 0 Å². The lowest BCUT2D eigenvalue weighted by molar-refractivity contribution is 0.101. The number of hydrogen-bond donors (Lipinski definition) is 0. The van der Waals surface area contributed by atoms with Gasteiger partial charge in [0.1, 0.15) is 0 Å². The van der Waals surface area contributed by atoms with E-state index in [9.17, 15) is 4.79 Å². The van der Waals surface area contributed by atoms with Gasteiger partial charge in [-0.15, -0.1) is 0 Å². The molecule has 18 heavy (non-hydrogen) atoms. The smallest absolute Gasteiger partial charge is 0.161 e. The molecule has 0 spiro atoms. The summed E-state index contributed by atoms with van der Waals surface area (Å²) < 4.78 is 1.04. The van der Waals surface area contributed by atoms with Crippen molar-refractivity contribution in [2.75, 3.05) is 18.0 Å². The van der Waals surface area contributed by atoms with Gasteiger partial charge in [-0.05, 0) is 50.3 Å². The van der Waals surface area contributed by atoms with Crippen LogP contribution >= 0.6 is 15.9 Å². The topological polar surface area (TPSA) is 20.3 Å². The summed E-state index contributed by atoms with van der Waals surface area (Å²) in [6, 6.07) is 5.95. The third kappa shape index (κ3) is 3.14. The maximum absolute atomic E-state index is 11.7. The molecule has 0 amide bonds. The van der Waals surface area contributed by atoms with E-state index in [1.165, 1.54) is 19.3 Å². The van der Waals surface area contributed by atoms with Gasteiger partial charge in [0.05, 0.1) is 0 Å². The van der Waals surface area contributed by atoms with E-state index >= 15 is 0 Å². The van der Waals surface area contributed by atoms with Crippen LogP contribution in [0.25, 0.3) is 0 Å². The highest BCUT2D eigenvalue weighted by Gasteiger charge is 2.18. The van der Waals surface area contributed by atoms with Crippen LogP contribution in [0.4, 0.5) is 5.69 Å². The van der Waals surface area contributed by atoms with Crippen molar-refractivity contribution in [2.45, 2.75) is 33.1 Å². The molecule has 1 aromatic rings. The number of hydrogen-bond acceptors (Lipinski definition) is 2. The molecule has 1 unspecified atom stereocenters. The molecule has 1 aliphatic rings. The molecular formula is C15H20BrNO. The van der Waals surface area contributed by atoms with Crippen molar-refractivity contribution in [3.63, 3.8) is 0 Å². The predicted molar refractivity (Wildman–Crippen MR) is 79.4 cm³/mol. The standard InChI is InChI=1S/C15H20BrNO/c1-11-4-3-8-17(9-7-11)15-10-13(16)5-6-14(15)12(2)18/h5-6,10-11H,3-4,7-9H2,1-2H3. The van der Waals surface area contributed by atoms with Crippen LogP contribution in [0.1, 0.15) is 43.5 Å². The van der Waals surface area contributed by atoms with E-state index in [4.69, 9.17) is 0 Å². The van der Waals surface area contributed by atoms with Crippen LogP contribution in [-0.2, 0) is 0 Å². The molecule has 98 valence electrons. The van der Waals surface area contributed by atoms with Gasteiger partial charge in [0.2, 0.25) is 0 Å². The van der Waals surface area contributed by atoms with Crippen LogP contribution in [-0.4, -0.2) is 18.9 Å². The van der Waals surface area contributed by atoms with E-state index < -0.39 is 0 Å². The Morgan fingerprint density at radius 1 is 1.33 bits per heavy atom. The molecule has 1 aliphatic heterocycles. The molecule has 0 radical (unpaired) electrons. The summed E-state index contributed by atoms with van der Waals surface area (Å²) in [5, 5.41) is 0. The molecule has 1 fully saturated rings. The fourth-order valence-corrected chi connectivity index (χ4v) is 2.92. The first-order valence-electron chi connectivity index (χ1n) is 6.63. The number of anilines is 1. The highest BCUT2D eigenvalue weighted by molar-refractivity contribution is 9.10. The van der Waals surface area contributed by atoms with Crippen LogP contribution in [0.3, 0.4) is 0 Å². The second-order valence-corrected chi connectivity index (χ2v) is 6.16. The lowest BCUT2D eigenvalue weighted by Crippen LogP contribution is -2.25. The van der Waals surface area contributed by atoms with E-state index in [-0.39, 0.29) is 5.78 Å². The van der Waals surface area contributed by atoms with Crippen molar-refractivity contribution in [3.05, 3.63) is 28.2 Å². The second kappa shape index (κ2) is 5.87. The Hall–Kier alpha value is -0.830. The quantitative estimate of drug-likeness (QED) is 0.760. The lowest BCUT2D eigenvalue weighted by atomic mass is 10.0. The zero-order chi connectivity index (χ0) is 13.1. The van der Waals surface area contributed by atoms with E-state index in [0.29, 0.717) is 0 Å². The summed E-state index contributed by atoms with van der Waals surface area (Å²) in [4.78, 5) is 14.1.